The summed E-state index contributed by atoms with van der Waals surface area (Å²) in [5.41, 5.74) is 0. The molecule has 6 nitrogen and oxygen atoms in total. The molecule has 1 heterocycles. The summed E-state index contributed by atoms with van der Waals surface area (Å²) in [6, 6.07) is 3.09. The summed E-state index contributed by atoms with van der Waals surface area (Å²) in [5, 5.41) is 3.13. The highest BCUT2D eigenvalue weighted by atomic mass is 79.9. The van der Waals surface area contributed by atoms with Crippen LogP contribution >= 0.6 is 15.9 Å². The van der Waals surface area contributed by atoms with Gasteiger partial charge in [0, 0.05) is 32.2 Å². The summed E-state index contributed by atoms with van der Waals surface area (Å²) in [6.45, 7) is 2.21. The number of ether oxygens (including phenoxy) is 2. The van der Waals surface area contributed by atoms with E-state index in [1.54, 1.807) is 6.07 Å². The van der Waals surface area contributed by atoms with Crippen molar-refractivity contribution < 1.29 is 17.9 Å². The van der Waals surface area contributed by atoms with Gasteiger partial charge in [0.15, 0.2) is 0 Å². The molecule has 0 radical (unpaired) electrons. The Morgan fingerprint density at radius 2 is 1.75 bits per heavy atom. The van der Waals surface area contributed by atoms with E-state index in [4.69, 9.17) is 9.47 Å². The molecule has 0 aliphatic carbocycles. The van der Waals surface area contributed by atoms with Gasteiger partial charge >= 0.3 is 0 Å². The van der Waals surface area contributed by atoms with Gasteiger partial charge in [0.25, 0.3) is 0 Å². The number of sulfonamides is 1. The Morgan fingerprint density at radius 1 is 1.15 bits per heavy atom. The number of rotatable bonds is 4. The molecular formula is C12H17BrN2O4S. The van der Waals surface area contributed by atoms with E-state index >= 15 is 0 Å². The number of nitrogens with zero attached hydrogens (tertiary/aromatic N) is 1. The summed E-state index contributed by atoms with van der Waals surface area (Å²) in [4.78, 5) is 0.148. The van der Waals surface area contributed by atoms with Gasteiger partial charge < -0.3 is 14.8 Å². The van der Waals surface area contributed by atoms with Crippen LogP contribution in [0.3, 0.4) is 0 Å². The van der Waals surface area contributed by atoms with E-state index < -0.39 is 10.0 Å². The zero-order valence-corrected chi connectivity index (χ0v) is 13.8. The predicted molar refractivity (Wildman–Crippen MR) is 78.9 cm³/mol. The Balaban J connectivity index is 2.47. The van der Waals surface area contributed by atoms with Crippen LogP contribution < -0.4 is 14.8 Å². The van der Waals surface area contributed by atoms with Crippen molar-refractivity contribution in [2.24, 2.45) is 0 Å². The van der Waals surface area contributed by atoms with E-state index in [0.29, 0.717) is 36.4 Å². The molecule has 2 rings (SSSR count). The first-order valence-electron chi connectivity index (χ1n) is 6.13. The topological polar surface area (TPSA) is 67.9 Å². The van der Waals surface area contributed by atoms with Gasteiger partial charge in [0.1, 0.15) is 16.4 Å². The number of hydrogen-bond acceptors (Lipinski definition) is 5. The summed E-state index contributed by atoms with van der Waals surface area (Å²) in [5.74, 6) is 0.810. The lowest BCUT2D eigenvalue weighted by atomic mass is 10.3. The number of benzene rings is 1. The second-order valence-corrected chi connectivity index (χ2v) is 7.05. The Labute approximate surface area is 127 Å². The molecule has 1 aliphatic heterocycles. The Kier molecular flexibility index (Phi) is 4.90. The van der Waals surface area contributed by atoms with E-state index in [9.17, 15) is 8.42 Å². The zero-order valence-electron chi connectivity index (χ0n) is 11.3. The van der Waals surface area contributed by atoms with Gasteiger partial charge in [-0.3, -0.25) is 0 Å². The zero-order chi connectivity index (χ0) is 14.8. The fourth-order valence-corrected chi connectivity index (χ4v) is 4.32. The Hall–Kier alpha value is -0.830. The monoisotopic (exact) mass is 364 g/mol. The molecule has 1 N–H and O–H groups in total. The van der Waals surface area contributed by atoms with Crippen LogP contribution in [-0.2, 0) is 10.0 Å². The minimum Gasteiger partial charge on any atom is -0.495 e. The molecule has 0 unspecified atom stereocenters. The average Bonchev–Trinajstić information content (AvgIpc) is 2.47. The van der Waals surface area contributed by atoms with E-state index in [2.05, 4.69) is 21.2 Å². The minimum atomic E-state index is -3.57. The van der Waals surface area contributed by atoms with Gasteiger partial charge in [0.05, 0.1) is 18.7 Å². The molecule has 1 aliphatic rings. The van der Waals surface area contributed by atoms with Crippen LogP contribution in [-0.4, -0.2) is 53.1 Å². The van der Waals surface area contributed by atoms with Crippen LogP contribution in [0.25, 0.3) is 0 Å². The maximum atomic E-state index is 12.7. The van der Waals surface area contributed by atoms with E-state index in [1.165, 1.54) is 24.6 Å². The van der Waals surface area contributed by atoms with Crippen LogP contribution in [0.1, 0.15) is 0 Å². The first-order valence-corrected chi connectivity index (χ1v) is 8.36. The lowest BCUT2D eigenvalue weighted by Gasteiger charge is -2.27. The largest absolute Gasteiger partial charge is 0.495 e. The van der Waals surface area contributed by atoms with Crippen molar-refractivity contribution in [2.45, 2.75) is 4.90 Å². The van der Waals surface area contributed by atoms with Gasteiger partial charge in [-0.15, -0.1) is 0 Å². The van der Waals surface area contributed by atoms with Gasteiger partial charge in [-0.05, 0) is 22.0 Å². The lowest BCUT2D eigenvalue weighted by Crippen LogP contribution is -2.46. The summed E-state index contributed by atoms with van der Waals surface area (Å²) in [6.07, 6.45) is 0. The predicted octanol–water partition coefficient (Wildman–Crippen LogP) is 1.06. The van der Waals surface area contributed by atoms with Crippen LogP contribution in [0.4, 0.5) is 0 Å². The fourth-order valence-electron chi connectivity index (χ4n) is 2.06. The van der Waals surface area contributed by atoms with Crippen molar-refractivity contribution in [2.75, 3.05) is 40.4 Å². The molecule has 1 saturated heterocycles. The van der Waals surface area contributed by atoms with E-state index in [1.807, 2.05) is 0 Å². The van der Waals surface area contributed by atoms with Gasteiger partial charge in [-0.1, -0.05) is 0 Å². The van der Waals surface area contributed by atoms with Crippen LogP contribution in [0.15, 0.2) is 21.5 Å². The van der Waals surface area contributed by atoms with Crippen LogP contribution in [0.2, 0.25) is 0 Å². The maximum Gasteiger partial charge on any atom is 0.246 e. The smallest absolute Gasteiger partial charge is 0.246 e. The molecule has 0 saturated carbocycles. The fraction of sp³-hybridized carbons (Fsp3) is 0.500. The molecular weight excluding hydrogens is 348 g/mol. The normalized spacial score (nSPS) is 16.9. The first-order chi connectivity index (χ1) is 9.50. The van der Waals surface area contributed by atoms with Crippen molar-refractivity contribution in [1.82, 2.24) is 9.62 Å². The number of halogens is 1. The van der Waals surface area contributed by atoms with Crippen molar-refractivity contribution in [3.63, 3.8) is 0 Å². The number of hydrogen-bond donors (Lipinski definition) is 1. The molecule has 0 bridgehead atoms. The molecule has 0 aromatic heterocycles. The Morgan fingerprint density at radius 3 is 2.30 bits per heavy atom. The highest BCUT2D eigenvalue weighted by molar-refractivity contribution is 9.10. The van der Waals surface area contributed by atoms with E-state index in [-0.39, 0.29) is 10.6 Å². The number of piperazine rings is 1. The SMILES string of the molecule is COc1cc(OC)c(S(=O)(=O)N2CCNCC2)cc1Br. The first kappa shape index (κ1) is 15.6. The second kappa shape index (κ2) is 6.30. The minimum absolute atomic E-state index is 0.148. The van der Waals surface area contributed by atoms with Crippen LogP contribution in [0.5, 0.6) is 11.5 Å². The summed E-state index contributed by atoms with van der Waals surface area (Å²) in [7, 11) is -0.608. The van der Waals surface area contributed by atoms with Gasteiger partial charge in [0.2, 0.25) is 10.0 Å². The molecule has 0 atom stereocenters. The lowest BCUT2D eigenvalue weighted by molar-refractivity contribution is 0.353. The van der Waals surface area contributed by atoms with Crippen molar-refractivity contribution in [3.8, 4) is 11.5 Å². The molecule has 1 fully saturated rings. The average molecular weight is 365 g/mol. The van der Waals surface area contributed by atoms with Crippen LogP contribution in [0, 0.1) is 0 Å². The highest BCUT2D eigenvalue weighted by Gasteiger charge is 2.29. The molecule has 20 heavy (non-hydrogen) atoms. The molecule has 1 aromatic rings. The molecule has 0 spiro atoms. The molecule has 112 valence electrons. The Bertz CT molecular complexity index is 585. The van der Waals surface area contributed by atoms with Crippen molar-refractivity contribution >= 4 is 26.0 Å². The number of methoxy groups -OCH3 is 2. The summed E-state index contributed by atoms with van der Waals surface area (Å²) >= 11 is 3.31. The standard InChI is InChI=1S/C12H17BrN2O4S/c1-18-10-8-11(19-2)12(7-9(10)13)20(16,17)15-5-3-14-4-6-15/h7-8,14H,3-6H2,1-2H3. The quantitative estimate of drug-likeness (QED) is 0.864. The van der Waals surface area contributed by atoms with Crippen molar-refractivity contribution in [1.29, 1.82) is 0 Å². The molecule has 8 heteroatoms. The summed E-state index contributed by atoms with van der Waals surface area (Å²) < 4.78 is 37.7. The highest BCUT2D eigenvalue weighted by Crippen LogP contribution is 2.36. The number of nitrogens with one attached hydrogen (secondary N) is 1. The molecule has 1 aromatic carbocycles. The maximum absolute atomic E-state index is 12.7. The third kappa shape index (κ3) is 2.93. The van der Waals surface area contributed by atoms with Gasteiger partial charge in [-0.25, -0.2) is 8.42 Å². The van der Waals surface area contributed by atoms with E-state index in [0.717, 1.165) is 0 Å². The third-order valence-electron chi connectivity index (χ3n) is 3.13. The second-order valence-electron chi connectivity index (χ2n) is 4.29. The molecule has 0 amide bonds. The van der Waals surface area contributed by atoms with Gasteiger partial charge in [-0.2, -0.15) is 4.31 Å². The van der Waals surface area contributed by atoms with Crippen molar-refractivity contribution in [3.05, 3.63) is 16.6 Å². The third-order valence-corrected chi connectivity index (χ3v) is 5.67.